The molecule has 19 heavy (non-hydrogen) atoms. The zero-order chi connectivity index (χ0) is 13.7. The van der Waals surface area contributed by atoms with Gasteiger partial charge in [0.05, 0.1) is 6.04 Å². The molecule has 2 aliphatic rings. The normalized spacial score (nSPS) is 25.2. The largest absolute Gasteiger partial charge is 0.352 e. The molecule has 0 radical (unpaired) electrons. The molecule has 0 heterocycles. The van der Waals surface area contributed by atoms with Crippen LogP contribution in [0.5, 0.6) is 0 Å². The van der Waals surface area contributed by atoms with Crippen LogP contribution in [0.4, 0.5) is 0 Å². The van der Waals surface area contributed by atoms with Crippen molar-refractivity contribution in [2.45, 2.75) is 83.7 Å². The lowest BCUT2D eigenvalue weighted by Crippen LogP contribution is -2.48. The first-order valence-corrected chi connectivity index (χ1v) is 8.13. The second kappa shape index (κ2) is 6.74. The van der Waals surface area contributed by atoms with Gasteiger partial charge in [-0.05, 0) is 38.0 Å². The molecule has 0 aromatic carbocycles. The number of carbonyl (C=O) groups is 1. The average Bonchev–Trinajstić information content (AvgIpc) is 2.90. The summed E-state index contributed by atoms with van der Waals surface area (Å²) in [5.74, 6) is 0.186. The van der Waals surface area contributed by atoms with Gasteiger partial charge in [0.1, 0.15) is 0 Å². The Morgan fingerprint density at radius 3 is 2.42 bits per heavy atom. The molecule has 2 aliphatic carbocycles. The Hall–Kier alpha value is -0.570. The van der Waals surface area contributed by atoms with Crippen LogP contribution in [0.25, 0.3) is 0 Å². The van der Waals surface area contributed by atoms with Crippen molar-refractivity contribution in [2.24, 2.45) is 5.41 Å². The zero-order valence-electron chi connectivity index (χ0n) is 12.6. The Kier molecular flexibility index (Phi) is 5.26. The van der Waals surface area contributed by atoms with E-state index in [2.05, 4.69) is 17.6 Å². The quantitative estimate of drug-likeness (QED) is 0.803. The molecule has 1 unspecified atom stereocenters. The van der Waals surface area contributed by atoms with Gasteiger partial charge in [0, 0.05) is 12.6 Å². The number of rotatable bonds is 5. The van der Waals surface area contributed by atoms with Crippen molar-refractivity contribution in [1.29, 1.82) is 0 Å². The van der Waals surface area contributed by atoms with E-state index in [0.29, 0.717) is 11.5 Å². The van der Waals surface area contributed by atoms with Crippen molar-refractivity contribution in [1.82, 2.24) is 10.6 Å². The van der Waals surface area contributed by atoms with Gasteiger partial charge in [0.15, 0.2) is 0 Å². The summed E-state index contributed by atoms with van der Waals surface area (Å²) >= 11 is 0. The second-order valence-electron chi connectivity index (χ2n) is 6.96. The van der Waals surface area contributed by atoms with E-state index in [1.807, 2.05) is 6.92 Å². The van der Waals surface area contributed by atoms with Gasteiger partial charge in [0.2, 0.25) is 5.91 Å². The molecule has 0 saturated heterocycles. The Morgan fingerprint density at radius 2 is 1.79 bits per heavy atom. The van der Waals surface area contributed by atoms with Crippen molar-refractivity contribution < 1.29 is 4.79 Å². The molecule has 3 nitrogen and oxygen atoms in total. The summed E-state index contributed by atoms with van der Waals surface area (Å²) in [7, 11) is 0. The minimum atomic E-state index is -0.0562. The lowest BCUT2D eigenvalue weighted by molar-refractivity contribution is -0.123. The Balaban J connectivity index is 1.70. The van der Waals surface area contributed by atoms with Crippen LogP contribution in [0.15, 0.2) is 0 Å². The van der Waals surface area contributed by atoms with Gasteiger partial charge in [-0.2, -0.15) is 0 Å². The topological polar surface area (TPSA) is 41.1 Å². The third-order valence-corrected chi connectivity index (χ3v) is 4.99. The highest BCUT2D eigenvalue weighted by Crippen LogP contribution is 2.34. The molecule has 110 valence electrons. The summed E-state index contributed by atoms with van der Waals surface area (Å²) in [6.45, 7) is 5.34. The van der Waals surface area contributed by atoms with Crippen LogP contribution >= 0.6 is 0 Å². The number of hydrogen-bond acceptors (Lipinski definition) is 2. The van der Waals surface area contributed by atoms with Crippen LogP contribution in [-0.4, -0.2) is 24.5 Å². The summed E-state index contributed by atoms with van der Waals surface area (Å²) in [5, 5.41) is 6.63. The van der Waals surface area contributed by atoms with Crippen molar-refractivity contribution in [3.05, 3.63) is 0 Å². The molecular formula is C16H30N2O. The molecule has 0 aromatic heterocycles. The van der Waals surface area contributed by atoms with Crippen molar-refractivity contribution >= 4 is 5.91 Å². The van der Waals surface area contributed by atoms with Crippen molar-refractivity contribution in [2.75, 3.05) is 6.54 Å². The van der Waals surface area contributed by atoms with E-state index in [1.54, 1.807) is 0 Å². The molecule has 0 spiro atoms. The third-order valence-electron chi connectivity index (χ3n) is 4.99. The highest BCUT2D eigenvalue weighted by molar-refractivity contribution is 5.81. The van der Waals surface area contributed by atoms with Crippen molar-refractivity contribution in [3.8, 4) is 0 Å². The van der Waals surface area contributed by atoms with E-state index in [9.17, 15) is 4.79 Å². The number of amides is 1. The molecular weight excluding hydrogens is 236 g/mol. The fourth-order valence-corrected chi connectivity index (χ4v) is 3.47. The summed E-state index contributed by atoms with van der Waals surface area (Å²) in [4.78, 5) is 12.1. The summed E-state index contributed by atoms with van der Waals surface area (Å²) in [5.41, 5.74) is 0.403. The van der Waals surface area contributed by atoms with Crippen LogP contribution in [0.3, 0.4) is 0 Å². The molecule has 0 aliphatic heterocycles. The monoisotopic (exact) mass is 266 g/mol. The van der Waals surface area contributed by atoms with E-state index in [1.165, 1.54) is 44.9 Å². The summed E-state index contributed by atoms with van der Waals surface area (Å²) < 4.78 is 0. The molecule has 1 amide bonds. The Labute approximate surface area is 117 Å². The summed E-state index contributed by atoms with van der Waals surface area (Å²) in [6.07, 6.45) is 11.5. The minimum Gasteiger partial charge on any atom is -0.352 e. The highest BCUT2D eigenvalue weighted by Gasteiger charge is 2.28. The Bertz CT molecular complexity index is 291. The van der Waals surface area contributed by atoms with E-state index in [-0.39, 0.29) is 11.9 Å². The minimum absolute atomic E-state index is 0.0562. The Morgan fingerprint density at radius 1 is 1.16 bits per heavy atom. The molecule has 3 heteroatoms. The van der Waals surface area contributed by atoms with Crippen LogP contribution in [0.1, 0.15) is 71.6 Å². The van der Waals surface area contributed by atoms with Crippen LogP contribution in [-0.2, 0) is 4.79 Å². The van der Waals surface area contributed by atoms with Gasteiger partial charge in [-0.25, -0.2) is 0 Å². The maximum absolute atomic E-state index is 12.1. The lowest BCUT2D eigenvalue weighted by atomic mass is 9.75. The van der Waals surface area contributed by atoms with Crippen molar-refractivity contribution in [3.63, 3.8) is 0 Å². The van der Waals surface area contributed by atoms with Gasteiger partial charge >= 0.3 is 0 Å². The van der Waals surface area contributed by atoms with E-state index in [0.717, 1.165) is 19.4 Å². The van der Waals surface area contributed by atoms with E-state index < -0.39 is 0 Å². The maximum Gasteiger partial charge on any atom is 0.237 e. The highest BCUT2D eigenvalue weighted by atomic mass is 16.2. The summed E-state index contributed by atoms with van der Waals surface area (Å²) in [6, 6.07) is 0.376. The number of hydrogen-bond donors (Lipinski definition) is 2. The predicted octanol–water partition coefficient (Wildman–Crippen LogP) is 2.99. The number of nitrogens with one attached hydrogen (secondary N) is 2. The van der Waals surface area contributed by atoms with Crippen LogP contribution in [0, 0.1) is 5.41 Å². The van der Waals surface area contributed by atoms with Gasteiger partial charge in [0.25, 0.3) is 0 Å². The SMILES string of the molecule is CC(NCC1(C)CCCCC1)C(=O)NC1CCCC1. The van der Waals surface area contributed by atoms with E-state index >= 15 is 0 Å². The molecule has 2 saturated carbocycles. The smallest absolute Gasteiger partial charge is 0.237 e. The molecule has 2 fully saturated rings. The molecule has 0 bridgehead atoms. The predicted molar refractivity (Wildman–Crippen MR) is 79.1 cm³/mol. The van der Waals surface area contributed by atoms with Crippen LogP contribution in [0.2, 0.25) is 0 Å². The van der Waals surface area contributed by atoms with Gasteiger partial charge < -0.3 is 10.6 Å². The van der Waals surface area contributed by atoms with Gasteiger partial charge in [-0.3, -0.25) is 4.79 Å². The molecule has 1 atom stereocenters. The number of carbonyl (C=O) groups excluding carboxylic acids is 1. The average molecular weight is 266 g/mol. The van der Waals surface area contributed by atoms with E-state index in [4.69, 9.17) is 0 Å². The molecule has 2 N–H and O–H groups in total. The first-order valence-electron chi connectivity index (χ1n) is 8.13. The zero-order valence-corrected chi connectivity index (χ0v) is 12.6. The fraction of sp³-hybridized carbons (Fsp3) is 0.938. The molecule has 2 rings (SSSR count). The van der Waals surface area contributed by atoms with Crippen LogP contribution < -0.4 is 10.6 Å². The third kappa shape index (κ3) is 4.48. The first-order chi connectivity index (χ1) is 9.09. The standard InChI is InChI=1S/C16H30N2O/c1-13(15(19)18-14-8-4-5-9-14)17-12-16(2)10-6-3-7-11-16/h13-14,17H,3-12H2,1-2H3,(H,18,19). The van der Waals surface area contributed by atoms with Gasteiger partial charge in [-0.1, -0.05) is 39.0 Å². The second-order valence-corrected chi connectivity index (χ2v) is 6.96. The first kappa shape index (κ1) is 14.8. The molecule has 0 aromatic rings. The van der Waals surface area contributed by atoms with Gasteiger partial charge in [-0.15, -0.1) is 0 Å². The maximum atomic E-state index is 12.1. The lowest BCUT2D eigenvalue weighted by Gasteiger charge is -2.34. The fourth-order valence-electron chi connectivity index (χ4n) is 3.47.